The van der Waals surface area contributed by atoms with Gasteiger partial charge in [-0.15, -0.1) is 0 Å². The molecule has 1 amide bonds. The summed E-state index contributed by atoms with van der Waals surface area (Å²) < 4.78 is 5.50. The lowest BCUT2D eigenvalue weighted by Crippen LogP contribution is -2.52. The molecule has 0 aromatic rings. The van der Waals surface area contributed by atoms with Crippen LogP contribution in [0.4, 0.5) is 0 Å². The van der Waals surface area contributed by atoms with Gasteiger partial charge in [-0.1, -0.05) is 0 Å². The Morgan fingerprint density at radius 3 is 2.38 bits per heavy atom. The van der Waals surface area contributed by atoms with Crippen LogP contribution in [-0.2, 0) is 19.1 Å². The number of amides is 1. The molecule has 0 spiro atoms. The number of likely N-dealkylation sites (tertiary alicyclic amines) is 1. The summed E-state index contributed by atoms with van der Waals surface area (Å²) in [5.74, 6) is -3.06. The van der Waals surface area contributed by atoms with E-state index in [4.69, 9.17) is 9.84 Å². The van der Waals surface area contributed by atoms with Gasteiger partial charge in [-0.05, 0) is 32.1 Å². The molecule has 2 N–H and O–H groups in total. The number of carbonyl (C=O) groups is 3. The van der Waals surface area contributed by atoms with Gasteiger partial charge in [-0.25, -0.2) is 4.79 Å². The molecule has 0 aromatic carbocycles. The van der Waals surface area contributed by atoms with Crippen LogP contribution in [0.3, 0.4) is 0 Å². The van der Waals surface area contributed by atoms with Gasteiger partial charge in [-0.2, -0.15) is 0 Å². The molecule has 2 saturated heterocycles. The van der Waals surface area contributed by atoms with Gasteiger partial charge in [0, 0.05) is 13.2 Å². The SMILES string of the molecule is O=C(O)[C@@H]1CC[C@@H](C(=O)O)N(C(=O)C[C@H]2CCCCO2)C1. The van der Waals surface area contributed by atoms with Crippen LogP contribution < -0.4 is 0 Å². The van der Waals surface area contributed by atoms with Gasteiger partial charge in [0.1, 0.15) is 6.04 Å². The van der Waals surface area contributed by atoms with Gasteiger partial charge in [0.05, 0.1) is 18.4 Å². The van der Waals surface area contributed by atoms with E-state index in [-0.39, 0.29) is 37.8 Å². The molecule has 2 fully saturated rings. The standard InChI is InChI=1S/C14H21NO6/c16-12(7-10-3-1-2-6-21-10)15-8-9(13(17)18)4-5-11(15)14(19)20/h9-11H,1-8H2,(H,17,18)(H,19,20)/t9-,10-,11+/m1/s1. The summed E-state index contributed by atoms with van der Waals surface area (Å²) in [6.45, 7) is 0.593. The normalized spacial score (nSPS) is 29.9. The molecule has 7 nitrogen and oxygen atoms in total. The monoisotopic (exact) mass is 299 g/mol. The Balaban J connectivity index is 2.01. The summed E-state index contributed by atoms with van der Waals surface area (Å²) in [6.07, 6.45) is 3.20. The number of aliphatic carboxylic acids is 2. The molecule has 0 aromatic heterocycles. The number of ether oxygens (including phenoxy) is 1. The molecule has 7 heteroatoms. The van der Waals surface area contributed by atoms with Crippen LogP contribution in [0.5, 0.6) is 0 Å². The summed E-state index contributed by atoms with van der Waals surface area (Å²) >= 11 is 0. The molecule has 0 saturated carbocycles. The van der Waals surface area contributed by atoms with Crippen molar-refractivity contribution >= 4 is 17.8 Å². The second-order valence-corrected chi connectivity index (χ2v) is 5.71. The number of nitrogens with zero attached hydrogens (tertiary/aromatic N) is 1. The maximum Gasteiger partial charge on any atom is 0.326 e. The van der Waals surface area contributed by atoms with Crippen molar-refractivity contribution in [3.05, 3.63) is 0 Å². The van der Waals surface area contributed by atoms with E-state index in [1.807, 2.05) is 0 Å². The second-order valence-electron chi connectivity index (χ2n) is 5.71. The number of piperidine rings is 1. The third kappa shape index (κ3) is 3.93. The van der Waals surface area contributed by atoms with Gasteiger partial charge in [-0.3, -0.25) is 9.59 Å². The zero-order chi connectivity index (χ0) is 15.4. The van der Waals surface area contributed by atoms with Gasteiger partial charge in [0.15, 0.2) is 0 Å². The molecule has 2 aliphatic heterocycles. The smallest absolute Gasteiger partial charge is 0.326 e. The van der Waals surface area contributed by atoms with Crippen LogP contribution in [0.25, 0.3) is 0 Å². The highest BCUT2D eigenvalue weighted by Gasteiger charge is 2.38. The Hall–Kier alpha value is -1.63. The molecule has 118 valence electrons. The maximum atomic E-state index is 12.3. The van der Waals surface area contributed by atoms with E-state index in [1.165, 1.54) is 4.90 Å². The summed E-state index contributed by atoms with van der Waals surface area (Å²) in [4.78, 5) is 35.9. The van der Waals surface area contributed by atoms with Crippen molar-refractivity contribution < 1.29 is 29.3 Å². The third-order valence-electron chi connectivity index (χ3n) is 4.21. The molecule has 2 rings (SSSR count). The summed E-state index contributed by atoms with van der Waals surface area (Å²) in [5, 5.41) is 18.3. The third-order valence-corrected chi connectivity index (χ3v) is 4.21. The Bertz CT molecular complexity index is 418. The zero-order valence-corrected chi connectivity index (χ0v) is 11.9. The molecule has 0 radical (unpaired) electrons. The van der Waals surface area contributed by atoms with Crippen molar-refractivity contribution in [3.8, 4) is 0 Å². The van der Waals surface area contributed by atoms with E-state index < -0.39 is 23.9 Å². The van der Waals surface area contributed by atoms with E-state index in [1.54, 1.807) is 0 Å². The van der Waals surface area contributed by atoms with Crippen LogP contribution in [0.15, 0.2) is 0 Å². The quantitative estimate of drug-likeness (QED) is 0.792. The van der Waals surface area contributed by atoms with Crippen molar-refractivity contribution in [3.63, 3.8) is 0 Å². The Morgan fingerprint density at radius 2 is 1.81 bits per heavy atom. The Labute approximate surface area is 122 Å². The highest BCUT2D eigenvalue weighted by molar-refractivity contribution is 5.85. The number of hydrogen-bond acceptors (Lipinski definition) is 4. The first-order chi connectivity index (χ1) is 9.99. The fourth-order valence-electron chi connectivity index (χ4n) is 2.99. The molecular weight excluding hydrogens is 278 g/mol. The zero-order valence-electron chi connectivity index (χ0n) is 11.9. The van der Waals surface area contributed by atoms with Crippen molar-refractivity contribution in [1.29, 1.82) is 0 Å². The van der Waals surface area contributed by atoms with Gasteiger partial charge < -0.3 is 19.8 Å². The van der Waals surface area contributed by atoms with Crippen LogP contribution >= 0.6 is 0 Å². The number of carbonyl (C=O) groups excluding carboxylic acids is 1. The molecule has 0 bridgehead atoms. The molecule has 2 aliphatic rings. The van der Waals surface area contributed by atoms with E-state index >= 15 is 0 Å². The maximum absolute atomic E-state index is 12.3. The lowest BCUT2D eigenvalue weighted by atomic mass is 9.92. The fourth-order valence-corrected chi connectivity index (χ4v) is 2.99. The number of carboxylic acid groups (broad SMARTS) is 2. The molecule has 0 unspecified atom stereocenters. The number of carboxylic acids is 2. The van der Waals surface area contributed by atoms with Crippen LogP contribution in [-0.4, -0.2) is 58.3 Å². The molecule has 2 heterocycles. The van der Waals surface area contributed by atoms with Crippen molar-refractivity contribution in [2.75, 3.05) is 13.2 Å². The summed E-state index contributed by atoms with van der Waals surface area (Å²) in [5.41, 5.74) is 0. The molecular formula is C14H21NO6. The van der Waals surface area contributed by atoms with Crippen molar-refractivity contribution in [2.45, 2.75) is 50.7 Å². The minimum absolute atomic E-state index is 0.0299. The number of hydrogen-bond donors (Lipinski definition) is 2. The van der Waals surface area contributed by atoms with Gasteiger partial charge in [0.2, 0.25) is 5.91 Å². The van der Waals surface area contributed by atoms with Gasteiger partial charge >= 0.3 is 11.9 Å². The minimum Gasteiger partial charge on any atom is -0.481 e. The van der Waals surface area contributed by atoms with E-state index in [0.29, 0.717) is 6.61 Å². The first-order valence-corrected chi connectivity index (χ1v) is 7.35. The van der Waals surface area contributed by atoms with Gasteiger partial charge in [0.25, 0.3) is 0 Å². The lowest BCUT2D eigenvalue weighted by Gasteiger charge is -2.37. The van der Waals surface area contributed by atoms with Crippen LogP contribution in [0.1, 0.15) is 38.5 Å². The van der Waals surface area contributed by atoms with Crippen LogP contribution in [0, 0.1) is 5.92 Å². The van der Waals surface area contributed by atoms with E-state index in [0.717, 1.165) is 19.3 Å². The summed E-state index contributed by atoms with van der Waals surface area (Å²) in [6, 6.07) is -0.920. The van der Waals surface area contributed by atoms with E-state index in [9.17, 15) is 19.5 Å². The predicted molar refractivity (Wildman–Crippen MR) is 71.7 cm³/mol. The lowest BCUT2D eigenvalue weighted by molar-refractivity contribution is -0.158. The molecule has 21 heavy (non-hydrogen) atoms. The largest absolute Gasteiger partial charge is 0.481 e. The Kier molecular flexibility index (Phi) is 5.17. The molecule has 3 atom stereocenters. The topological polar surface area (TPSA) is 104 Å². The number of rotatable bonds is 4. The van der Waals surface area contributed by atoms with E-state index in [2.05, 4.69) is 0 Å². The average Bonchev–Trinajstić information content (AvgIpc) is 2.47. The first-order valence-electron chi connectivity index (χ1n) is 7.35. The summed E-state index contributed by atoms with van der Waals surface area (Å²) in [7, 11) is 0. The molecule has 0 aliphatic carbocycles. The second kappa shape index (κ2) is 6.89. The van der Waals surface area contributed by atoms with Crippen LogP contribution in [0.2, 0.25) is 0 Å². The minimum atomic E-state index is -1.07. The van der Waals surface area contributed by atoms with Crippen molar-refractivity contribution in [2.24, 2.45) is 5.92 Å². The first kappa shape index (κ1) is 15.8. The predicted octanol–water partition coefficient (Wildman–Crippen LogP) is 0.722. The highest BCUT2D eigenvalue weighted by Crippen LogP contribution is 2.25. The van der Waals surface area contributed by atoms with Crippen molar-refractivity contribution in [1.82, 2.24) is 4.90 Å². The Morgan fingerprint density at radius 1 is 1.05 bits per heavy atom. The fraction of sp³-hybridized carbons (Fsp3) is 0.786. The average molecular weight is 299 g/mol. The highest BCUT2D eigenvalue weighted by atomic mass is 16.5.